The number of carbonyl (C=O) groups excluding carboxylic acids is 3. The number of nitrogens with one attached hydrogen (secondary N) is 1. The minimum atomic E-state index is -0.650. The number of nitrogens with zero attached hydrogens (tertiary/aromatic N) is 3. The highest BCUT2D eigenvalue weighted by molar-refractivity contribution is 6.01. The summed E-state index contributed by atoms with van der Waals surface area (Å²) in [5, 5.41) is 2.64. The second-order valence-electron chi connectivity index (χ2n) is 9.96. The van der Waals surface area contributed by atoms with E-state index in [1.807, 2.05) is 12.1 Å². The molecule has 1 N–H and O–H groups in total. The molecule has 3 aliphatic rings. The van der Waals surface area contributed by atoms with Crippen molar-refractivity contribution in [3.63, 3.8) is 0 Å². The number of rotatable bonds is 8. The number of likely N-dealkylation sites (N-methyl/N-ethyl adjacent to an activating group) is 1. The first-order chi connectivity index (χ1) is 17.1. The summed E-state index contributed by atoms with van der Waals surface area (Å²) in [4.78, 5) is 45.8. The Morgan fingerprint density at radius 1 is 1.14 bits per heavy atom. The van der Waals surface area contributed by atoms with Gasteiger partial charge in [0.1, 0.15) is 12.3 Å². The average molecular weight is 475 g/mol. The smallest absolute Gasteiger partial charge is 0.255 e. The van der Waals surface area contributed by atoms with E-state index in [-0.39, 0.29) is 18.2 Å². The number of aldehydes is 1. The largest absolute Gasteiger partial charge is 0.357 e. The van der Waals surface area contributed by atoms with Crippen molar-refractivity contribution in [2.24, 2.45) is 0 Å². The van der Waals surface area contributed by atoms with Gasteiger partial charge < -0.3 is 15.0 Å². The van der Waals surface area contributed by atoms with Crippen LogP contribution in [0.3, 0.4) is 0 Å². The van der Waals surface area contributed by atoms with Crippen LogP contribution in [0, 0.1) is 0 Å². The Bertz CT molecular complexity index is 1140. The summed E-state index contributed by atoms with van der Waals surface area (Å²) in [6.45, 7) is 3.68. The molecule has 1 aromatic heterocycles. The molecule has 1 saturated heterocycles. The number of carbonyl (C=O) groups is 3. The van der Waals surface area contributed by atoms with Gasteiger partial charge in [-0.3, -0.25) is 19.5 Å². The molecule has 2 amide bonds. The van der Waals surface area contributed by atoms with E-state index in [0.717, 1.165) is 42.5 Å². The second-order valence-corrected chi connectivity index (χ2v) is 9.96. The Balaban J connectivity index is 1.45. The van der Waals surface area contributed by atoms with Crippen molar-refractivity contribution in [1.82, 2.24) is 20.1 Å². The fourth-order valence-electron chi connectivity index (χ4n) is 5.83. The number of amides is 2. The Kier molecular flexibility index (Phi) is 6.95. The minimum Gasteiger partial charge on any atom is -0.357 e. The van der Waals surface area contributed by atoms with Crippen molar-refractivity contribution < 1.29 is 14.4 Å². The molecular formula is C28H34N4O3. The van der Waals surface area contributed by atoms with Gasteiger partial charge in [-0.25, -0.2) is 0 Å². The highest BCUT2D eigenvalue weighted by atomic mass is 16.2. The van der Waals surface area contributed by atoms with Gasteiger partial charge in [0.25, 0.3) is 5.91 Å². The monoisotopic (exact) mass is 474 g/mol. The Morgan fingerprint density at radius 2 is 1.94 bits per heavy atom. The lowest BCUT2D eigenvalue weighted by atomic mass is 9.90. The van der Waals surface area contributed by atoms with Gasteiger partial charge >= 0.3 is 0 Å². The maximum Gasteiger partial charge on any atom is 0.255 e. The van der Waals surface area contributed by atoms with Crippen LogP contribution in [0.25, 0.3) is 11.3 Å². The molecule has 35 heavy (non-hydrogen) atoms. The zero-order chi connectivity index (χ0) is 24.4. The maximum absolute atomic E-state index is 13.1. The molecule has 1 fully saturated rings. The fourth-order valence-corrected chi connectivity index (χ4v) is 5.83. The SMILES string of the molecule is CNC(=O)C(CCC=O)N1Cc2cc(-c3cc(CN4CCCC4)c4c(n3)CCCC4)ccc2C1=O. The number of hydrogen-bond donors (Lipinski definition) is 1. The predicted octanol–water partition coefficient (Wildman–Crippen LogP) is 3.27. The van der Waals surface area contributed by atoms with E-state index >= 15 is 0 Å². The summed E-state index contributed by atoms with van der Waals surface area (Å²) in [6.07, 6.45) is 8.46. The van der Waals surface area contributed by atoms with E-state index < -0.39 is 6.04 Å². The molecule has 0 spiro atoms. The number of pyridine rings is 1. The molecule has 0 saturated carbocycles. The predicted molar refractivity (Wildman–Crippen MR) is 134 cm³/mol. The Morgan fingerprint density at radius 3 is 2.71 bits per heavy atom. The van der Waals surface area contributed by atoms with Gasteiger partial charge in [0.15, 0.2) is 0 Å². The first-order valence-electron chi connectivity index (χ1n) is 12.9. The van der Waals surface area contributed by atoms with Crippen LogP contribution in [0.4, 0.5) is 0 Å². The fraction of sp³-hybridized carbons (Fsp3) is 0.500. The number of likely N-dealkylation sites (tertiary alicyclic amines) is 1. The molecule has 1 unspecified atom stereocenters. The zero-order valence-electron chi connectivity index (χ0n) is 20.5. The lowest BCUT2D eigenvalue weighted by molar-refractivity contribution is -0.125. The summed E-state index contributed by atoms with van der Waals surface area (Å²) in [5.74, 6) is -0.393. The van der Waals surface area contributed by atoms with E-state index in [9.17, 15) is 14.4 Å². The highest BCUT2D eigenvalue weighted by Gasteiger charge is 2.36. The Hall–Kier alpha value is -3.06. The molecule has 7 nitrogen and oxygen atoms in total. The van der Waals surface area contributed by atoms with Gasteiger partial charge in [-0.2, -0.15) is 0 Å². The molecule has 184 valence electrons. The van der Waals surface area contributed by atoms with Crippen molar-refractivity contribution in [1.29, 1.82) is 0 Å². The topological polar surface area (TPSA) is 82.6 Å². The van der Waals surface area contributed by atoms with Gasteiger partial charge in [0.05, 0.1) is 5.69 Å². The summed E-state index contributed by atoms with van der Waals surface area (Å²) < 4.78 is 0. The van der Waals surface area contributed by atoms with Gasteiger partial charge in [-0.1, -0.05) is 6.07 Å². The molecule has 0 radical (unpaired) electrons. The van der Waals surface area contributed by atoms with Gasteiger partial charge in [0, 0.05) is 43.4 Å². The van der Waals surface area contributed by atoms with Crippen LogP contribution in [0.2, 0.25) is 0 Å². The number of fused-ring (bicyclic) bond motifs is 2. The molecule has 1 aromatic carbocycles. The molecule has 0 bridgehead atoms. The highest BCUT2D eigenvalue weighted by Crippen LogP contribution is 2.33. The third-order valence-electron chi connectivity index (χ3n) is 7.70. The normalized spacial score (nSPS) is 18.3. The van der Waals surface area contributed by atoms with Crippen LogP contribution in [-0.4, -0.2) is 59.1 Å². The standard InChI is InChI=1S/C28H34N4O3/c1-29-27(34)26(9-6-14-33)32-18-20-15-19(10-11-23(20)28(32)35)25-16-21(17-31-12-4-5-13-31)22-7-2-3-8-24(22)30-25/h10-11,14-16,26H,2-9,12-13,17-18H2,1H3,(H,29,34). The van der Waals surface area contributed by atoms with E-state index in [0.29, 0.717) is 18.5 Å². The molecule has 7 heteroatoms. The van der Waals surface area contributed by atoms with Crippen molar-refractivity contribution in [3.8, 4) is 11.3 Å². The summed E-state index contributed by atoms with van der Waals surface area (Å²) >= 11 is 0. The molecule has 3 heterocycles. The number of benzene rings is 1. The summed E-state index contributed by atoms with van der Waals surface area (Å²) in [5.41, 5.74) is 7.60. The van der Waals surface area contributed by atoms with Crippen molar-refractivity contribution >= 4 is 18.1 Å². The van der Waals surface area contributed by atoms with E-state index in [1.54, 1.807) is 11.9 Å². The van der Waals surface area contributed by atoms with Crippen LogP contribution < -0.4 is 5.32 Å². The number of aryl methyl sites for hydroxylation is 1. The lowest BCUT2D eigenvalue weighted by Crippen LogP contribution is -2.46. The second kappa shape index (κ2) is 10.3. The molecule has 1 atom stereocenters. The average Bonchev–Trinajstić information content (AvgIpc) is 3.51. The number of aromatic nitrogens is 1. The van der Waals surface area contributed by atoms with Crippen molar-refractivity contribution in [3.05, 3.63) is 52.2 Å². The summed E-state index contributed by atoms with van der Waals surface area (Å²) in [6, 6.07) is 7.52. The molecular weight excluding hydrogens is 440 g/mol. The van der Waals surface area contributed by atoms with Crippen LogP contribution >= 0.6 is 0 Å². The van der Waals surface area contributed by atoms with Crippen LogP contribution in [0.1, 0.15) is 71.3 Å². The van der Waals surface area contributed by atoms with Gasteiger partial charge in [0.2, 0.25) is 5.91 Å². The molecule has 2 aromatic rings. The quantitative estimate of drug-likeness (QED) is 0.594. The zero-order valence-corrected chi connectivity index (χ0v) is 20.5. The number of hydrogen-bond acceptors (Lipinski definition) is 5. The van der Waals surface area contributed by atoms with Crippen molar-refractivity contribution in [2.75, 3.05) is 20.1 Å². The van der Waals surface area contributed by atoms with E-state index in [1.165, 1.54) is 55.6 Å². The molecule has 1 aliphatic carbocycles. The maximum atomic E-state index is 13.1. The van der Waals surface area contributed by atoms with Gasteiger partial charge in [-0.05, 0) is 92.9 Å². The Labute approximate surface area is 206 Å². The van der Waals surface area contributed by atoms with Crippen molar-refractivity contribution in [2.45, 2.75) is 70.5 Å². The molecule has 2 aliphatic heterocycles. The van der Waals surface area contributed by atoms with E-state index in [4.69, 9.17) is 4.98 Å². The van der Waals surface area contributed by atoms with Gasteiger partial charge in [-0.15, -0.1) is 0 Å². The summed E-state index contributed by atoms with van der Waals surface area (Å²) in [7, 11) is 1.56. The first-order valence-corrected chi connectivity index (χ1v) is 12.9. The molecule has 5 rings (SSSR count). The van der Waals surface area contributed by atoms with Crippen LogP contribution in [-0.2, 0) is 35.5 Å². The minimum absolute atomic E-state index is 0.154. The van der Waals surface area contributed by atoms with Crippen LogP contribution in [0.15, 0.2) is 24.3 Å². The lowest BCUT2D eigenvalue weighted by Gasteiger charge is -2.25. The van der Waals surface area contributed by atoms with Crippen LogP contribution in [0.5, 0.6) is 0 Å². The third-order valence-corrected chi connectivity index (χ3v) is 7.70. The first kappa shape index (κ1) is 23.7. The third kappa shape index (κ3) is 4.74. The van der Waals surface area contributed by atoms with E-state index in [2.05, 4.69) is 22.3 Å².